The molecule has 1 N–H and O–H groups in total. The van der Waals surface area contributed by atoms with Crippen LogP contribution < -0.4 is 10.2 Å². The number of rotatable bonds is 7. The Morgan fingerprint density at radius 3 is 2.79 bits per heavy atom. The molecular formula is C17H16BrClN2O2S. The van der Waals surface area contributed by atoms with Gasteiger partial charge in [-0.2, -0.15) is 5.10 Å². The first kappa shape index (κ1) is 18.8. The Morgan fingerprint density at radius 2 is 2.08 bits per heavy atom. The van der Waals surface area contributed by atoms with E-state index in [1.54, 1.807) is 18.3 Å². The van der Waals surface area contributed by atoms with Gasteiger partial charge in [0.25, 0.3) is 0 Å². The fourth-order valence-corrected chi connectivity index (χ4v) is 2.99. The minimum absolute atomic E-state index is 0.181. The lowest BCUT2D eigenvalue weighted by Crippen LogP contribution is -2.19. The van der Waals surface area contributed by atoms with E-state index < -0.39 is 0 Å². The van der Waals surface area contributed by atoms with Crippen molar-refractivity contribution < 1.29 is 9.53 Å². The van der Waals surface area contributed by atoms with E-state index in [9.17, 15) is 4.79 Å². The van der Waals surface area contributed by atoms with Crippen molar-refractivity contribution in [2.45, 2.75) is 11.8 Å². The zero-order chi connectivity index (χ0) is 17.4. The molecule has 2 aromatic carbocycles. The number of nitrogens with zero attached hydrogens (tertiary/aromatic N) is 1. The van der Waals surface area contributed by atoms with Crippen LogP contribution in [-0.4, -0.2) is 24.5 Å². The molecule has 0 fully saturated rings. The van der Waals surface area contributed by atoms with Crippen LogP contribution in [-0.2, 0) is 4.79 Å². The van der Waals surface area contributed by atoms with Crippen molar-refractivity contribution in [1.29, 1.82) is 0 Å². The molecule has 0 aliphatic carbocycles. The van der Waals surface area contributed by atoms with Crippen LogP contribution >= 0.6 is 39.3 Å². The summed E-state index contributed by atoms with van der Waals surface area (Å²) in [4.78, 5) is 12.8. The molecule has 2 aromatic rings. The Bertz CT molecular complexity index is 723. The molecule has 0 bridgehead atoms. The highest BCUT2D eigenvalue weighted by atomic mass is 79.9. The maximum atomic E-state index is 11.8. The summed E-state index contributed by atoms with van der Waals surface area (Å²) in [5, 5.41) is 4.67. The number of thioether (sulfide) groups is 1. The van der Waals surface area contributed by atoms with Crippen LogP contribution in [0.4, 0.5) is 0 Å². The molecule has 2 rings (SSSR count). The molecule has 4 nitrogen and oxygen atoms in total. The third-order valence-corrected chi connectivity index (χ3v) is 4.61. The summed E-state index contributed by atoms with van der Waals surface area (Å²) in [5.41, 5.74) is 3.30. The van der Waals surface area contributed by atoms with Gasteiger partial charge in [-0.3, -0.25) is 4.79 Å². The van der Waals surface area contributed by atoms with E-state index in [1.165, 1.54) is 11.8 Å². The van der Waals surface area contributed by atoms with Gasteiger partial charge in [-0.1, -0.05) is 27.5 Å². The van der Waals surface area contributed by atoms with Crippen LogP contribution in [0.1, 0.15) is 12.5 Å². The van der Waals surface area contributed by atoms with Crippen LogP contribution in [0, 0.1) is 0 Å². The predicted molar refractivity (Wildman–Crippen MR) is 103 cm³/mol. The predicted octanol–water partition coefficient (Wildman–Crippen LogP) is 4.74. The number of nitrogens with one attached hydrogen (secondary N) is 1. The quantitative estimate of drug-likeness (QED) is 0.394. The van der Waals surface area contributed by atoms with E-state index >= 15 is 0 Å². The standard InChI is InChI=1S/C17H16BrClN2O2S/c1-2-23-16-8-3-13(18)9-12(16)10-20-21-17(22)11-24-15-6-4-14(19)5-7-15/h3-10H,2,11H2,1H3,(H,21,22)/b20-10-. The van der Waals surface area contributed by atoms with Gasteiger partial charge in [0.1, 0.15) is 5.75 Å². The Morgan fingerprint density at radius 1 is 1.33 bits per heavy atom. The molecule has 24 heavy (non-hydrogen) atoms. The van der Waals surface area contributed by atoms with Gasteiger partial charge in [0, 0.05) is 20.0 Å². The summed E-state index contributed by atoms with van der Waals surface area (Å²) < 4.78 is 6.44. The topological polar surface area (TPSA) is 50.7 Å². The molecule has 0 aromatic heterocycles. The van der Waals surface area contributed by atoms with E-state index in [2.05, 4.69) is 26.5 Å². The number of hydrogen-bond acceptors (Lipinski definition) is 4. The smallest absolute Gasteiger partial charge is 0.250 e. The van der Waals surface area contributed by atoms with Crippen molar-refractivity contribution in [2.24, 2.45) is 5.10 Å². The van der Waals surface area contributed by atoms with Crippen molar-refractivity contribution in [1.82, 2.24) is 5.43 Å². The van der Waals surface area contributed by atoms with Gasteiger partial charge >= 0.3 is 0 Å². The maximum Gasteiger partial charge on any atom is 0.250 e. The SMILES string of the molecule is CCOc1ccc(Br)cc1/C=N\NC(=O)CSc1ccc(Cl)cc1. The van der Waals surface area contributed by atoms with Crippen molar-refractivity contribution in [3.8, 4) is 5.75 Å². The molecule has 126 valence electrons. The zero-order valence-electron chi connectivity index (χ0n) is 13.0. The minimum Gasteiger partial charge on any atom is -0.493 e. The lowest BCUT2D eigenvalue weighted by Gasteiger charge is -2.07. The molecule has 0 saturated heterocycles. The average molecular weight is 428 g/mol. The van der Waals surface area contributed by atoms with E-state index in [0.717, 1.165) is 14.9 Å². The minimum atomic E-state index is -0.181. The molecule has 1 amide bonds. The Kier molecular flexibility index (Phi) is 7.62. The molecule has 0 saturated carbocycles. The molecule has 0 aliphatic heterocycles. The van der Waals surface area contributed by atoms with E-state index in [0.29, 0.717) is 17.4 Å². The number of ether oxygens (including phenoxy) is 1. The molecular weight excluding hydrogens is 412 g/mol. The summed E-state index contributed by atoms with van der Waals surface area (Å²) in [7, 11) is 0. The molecule has 0 aliphatic rings. The number of hydrazone groups is 1. The van der Waals surface area contributed by atoms with Crippen LogP contribution in [0.5, 0.6) is 5.75 Å². The Hall–Kier alpha value is -1.50. The van der Waals surface area contributed by atoms with E-state index in [1.807, 2.05) is 37.3 Å². The van der Waals surface area contributed by atoms with Crippen molar-refractivity contribution in [3.63, 3.8) is 0 Å². The van der Waals surface area contributed by atoms with Crippen molar-refractivity contribution in [2.75, 3.05) is 12.4 Å². The third-order valence-electron chi connectivity index (χ3n) is 2.85. The third kappa shape index (κ3) is 6.19. The highest BCUT2D eigenvalue weighted by Crippen LogP contribution is 2.22. The number of amides is 1. The van der Waals surface area contributed by atoms with E-state index in [4.69, 9.17) is 16.3 Å². The Balaban J connectivity index is 1.88. The number of hydrogen-bond donors (Lipinski definition) is 1. The molecule has 7 heteroatoms. The molecule has 0 heterocycles. The lowest BCUT2D eigenvalue weighted by molar-refractivity contribution is -0.118. The van der Waals surface area contributed by atoms with Gasteiger partial charge in [0.2, 0.25) is 5.91 Å². The van der Waals surface area contributed by atoms with Crippen LogP contribution in [0.3, 0.4) is 0 Å². The zero-order valence-corrected chi connectivity index (χ0v) is 16.1. The fraction of sp³-hybridized carbons (Fsp3) is 0.176. The lowest BCUT2D eigenvalue weighted by atomic mass is 10.2. The van der Waals surface area contributed by atoms with Crippen molar-refractivity contribution in [3.05, 3.63) is 57.5 Å². The molecule has 0 atom stereocenters. The monoisotopic (exact) mass is 426 g/mol. The van der Waals surface area contributed by atoms with Gasteiger partial charge in [0.15, 0.2) is 0 Å². The highest BCUT2D eigenvalue weighted by molar-refractivity contribution is 9.10. The van der Waals surface area contributed by atoms with Crippen LogP contribution in [0.2, 0.25) is 5.02 Å². The molecule has 0 unspecified atom stereocenters. The summed E-state index contributed by atoms with van der Waals surface area (Å²) in [6, 6.07) is 13.0. The van der Waals surface area contributed by atoms with Crippen molar-refractivity contribution >= 4 is 51.4 Å². The fourth-order valence-electron chi connectivity index (χ4n) is 1.79. The number of benzene rings is 2. The molecule has 0 spiro atoms. The van der Waals surface area contributed by atoms with Gasteiger partial charge in [-0.15, -0.1) is 11.8 Å². The first-order valence-electron chi connectivity index (χ1n) is 7.21. The number of carbonyl (C=O) groups is 1. The first-order valence-corrected chi connectivity index (χ1v) is 9.36. The maximum absolute atomic E-state index is 11.8. The first-order chi connectivity index (χ1) is 11.6. The van der Waals surface area contributed by atoms with Crippen LogP contribution in [0.15, 0.2) is 56.9 Å². The normalized spacial score (nSPS) is 10.8. The molecule has 0 radical (unpaired) electrons. The van der Waals surface area contributed by atoms with Gasteiger partial charge in [-0.05, 0) is 49.4 Å². The number of halogens is 2. The second kappa shape index (κ2) is 9.71. The van der Waals surface area contributed by atoms with Gasteiger partial charge in [-0.25, -0.2) is 5.43 Å². The summed E-state index contributed by atoms with van der Waals surface area (Å²) in [5.74, 6) is 0.809. The summed E-state index contributed by atoms with van der Waals surface area (Å²) in [6.07, 6.45) is 1.57. The van der Waals surface area contributed by atoms with Crippen LogP contribution in [0.25, 0.3) is 0 Å². The number of carbonyl (C=O) groups excluding carboxylic acids is 1. The van der Waals surface area contributed by atoms with Gasteiger partial charge in [0.05, 0.1) is 18.6 Å². The Labute approximate surface area is 158 Å². The van der Waals surface area contributed by atoms with Gasteiger partial charge < -0.3 is 4.74 Å². The van der Waals surface area contributed by atoms with E-state index in [-0.39, 0.29) is 11.7 Å². The average Bonchev–Trinajstić information content (AvgIpc) is 2.57. The second-order valence-corrected chi connectivity index (χ2v) is 7.05. The highest BCUT2D eigenvalue weighted by Gasteiger charge is 2.04. The summed E-state index contributed by atoms with van der Waals surface area (Å²) in [6.45, 7) is 2.48. The summed E-state index contributed by atoms with van der Waals surface area (Å²) >= 11 is 10.7. The largest absolute Gasteiger partial charge is 0.493 e. The second-order valence-electron chi connectivity index (χ2n) is 4.65.